The molecule has 0 saturated carbocycles. The van der Waals surface area contributed by atoms with Crippen LogP contribution in [0.2, 0.25) is 5.02 Å². The molecule has 4 heterocycles. The summed E-state index contributed by atoms with van der Waals surface area (Å²) in [7, 11) is 0. The van der Waals surface area contributed by atoms with Crippen molar-refractivity contribution in [2.75, 3.05) is 5.32 Å². The molecule has 0 aliphatic carbocycles. The summed E-state index contributed by atoms with van der Waals surface area (Å²) in [4.78, 5) is 41.2. The zero-order chi connectivity index (χ0) is 17.8. The predicted molar refractivity (Wildman–Crippen MR) is 90.9 cm³/mol. The van der Waals surface area contributed by atoms with Crippen LogP contribution in [0.25, 0.3) is 11.0 Å². The van der Waals surface area contributed by atoms with Gasteiger partial charge in [0, 0.05) is 0 Å². The highest BCUT2D eigenvalue weighted by Crippen LogP contribution is 2.29. The van der Waals surface area contributed by atoms with Crippen LogP contribution in [0.3, 0.4) is 0 Å². The second-order valence-electron chi connectivity index (χ2n) is 6.01. The van der Waals surface area contributed by atoms with E-state index in [9.17, 15) is 9.59 Å². The van der Waals surface area contributed by atoms with Crippen LogP contribution >= 0.6 is 11.6 Å². The molecule has 0 fully saturated rings. The fourth-order valence-electron chi connectivity index (χ4n) is 2.84. The summed E-state index contributed by atoms with van der Waals surface area (Å²) >= 11 is 6.23. The number of anilines is 2. The highest BCUT2D eigenvalue weighted by Gasteiger charge is 2.38. The molecule has 9 nitrogen and oxygen atoms in total. The van der Waals surface area contributed by atoms with Crippen LogP contribution in [0.1, 0.15) is 24.3 Å². The Morgan fingerprint density at radius 1 is 1.20 bits per heavy atom. The lowest BCUT2D eigenvalue weighted by Crippen LogP contribution is -2.42. The third kappa shape index (κ3) is 2.31. The number of aromatic nitrogens is 5. The molecule has 3 aromatic heterocycles. The molecule has 1 aliphatic rings. The van der Waals surface area contributed by atoms with Crippen molar-refractivity contribution >= 4 is 40.0 Å². The Morgan fingerprint density at radius 2 is 2.00 bits per heavy atom. The van der Waals surface area contributed by atoms with Gasteiger partial charge in [0.05, 0.1) is 11.2 Å². The summed E-state index contributed by atoms with van der Waals surface area (Å²) in [6, 6.07) is 1.41. The maximum absolute atomic E-state index is 12.9. The molecule has 0 bridgehead atoms. The van der Waals surface area contributed by atoms with Crippen LogP contribution in [0.15, 0.2) is 29.7 Å². The number of rotatable bonds is 2. The van der Waals surface area contributed by atoms with Gasteiger partial charge in [-0.2, -0.15) is 0 Å². The molecule has 1 aliphatic heterocycles. The average molecular weight is 358 g/mol. The van der Waals surface area contributed by atoms with Gasteiger partial charge in [-0.05, 0) is 19.9 Å². The van der Waals surface area contributed by atoms with E-state index in [-0.39, 0.29) is 22.3 Å². The fraction of sp³-hybridized carbons (Fsp3) is 0.200. The van der Waals surface area contributed by atoms with Crippen molar-refractivity contribution in [2.24, 2.45) is 0 Å². The Hall–Kier alpha value is -3.07. The quantitative estimate of drug-likeness (QED) is 0.712. The monoisotopic (exact) mass is 357 g/mol. The first-order valence-electron chi connectivity index (χ1n) is 7.35. The second-order valence-corrected chi connectivity index (χ2v) is 6.42. The summed E-state index contributed by atoms with van der Waals surface area (Å²) in [6.07, 6.45) is 4.25. The molecular weight excluding hydrogens is 346 g/mol. The number of hydrogen-bond donors (Lipinski definition) is 2. The third-order valence-electron chi connectivity index (χ3n) is 3.90. The van der Waals surface area contributed by atoms with Crippen molar-refractivity contribution in [1.82, 2.24) is 29.8 Å². The van der Waals surface area contributed by atoms with Gasteiger partial charge in [-0.3, -0.25) is 14.2 Å². The van der Waals surface area contributed by atoms with Gasteiger partial charge in [0.15, 0.2) is 5.82 Å². The molecule has 0 saturated heterocycles. The van der Waals surface area contributed by atoms with E-state index in [1.807, 2.05) is 0 Å². The van der Waals surface area contributed by atoms with Crippen LogP contribution in [0, 0.1) is 0 Å². The number of pyridine rings is 1. The van der Waals surface area contributed by atoms with Gasteiger partial charge < -0.3 is 10.6 Å². The lowest BCUT2D eigenvalue weighted by atomic mass is 10.2. The Labute approximate surface area is 146 Å². The third-order valence-corrected chi connectivity index (χ3v) is 4.19. The fourth-order valence-corrected chi connectivity index (χ4v) is 3.12. The van der Waals surface area contributed by atoms with Crippen LogP contribution < -0.4 is 16.2 Å². The minimum Gasteiger partial charge on any atom is -0.334 e. The number of nitrogens with zero attached hydrogens (tertiary/aromatic N) is 5. The Morgan fingerprint density at radius 3 is 2.80 bits per heavy atom. The molecule has 10 heteroatoms. The van der Waals surface area contributed by atoms with Crippen molar-refractivity contribution in [3.05, 3.63) is 46.0 Å². The number of hydrogen-bond acceptors (Lipinski definition) is 7. The second kappa shape index (κ2) is 5.21. The molecule has 0 unspecified atom stereocenters. The minimum atomic E-state index is -0.888. The molecule has 0 aromatic carbocycles. The topological polar surface area (TPSA) is 115 Å². The standard InChI is InChI=1S/C15H12ClN7O2/c1-15(2)22-13(24)11-7(16)3-8(14(25)23(11)15)21-12-10-9(18-6-20-12)4-17-5-19-10/h3-6H,1-2H3,(H,22,24)(H,18,20,21). The van der Waals surface area contributed by atoms with Crippen LogP contribution in [0.5, 0.6) is 0 Å². The zero-order valence-electron chi connectivity index (χ0n) is 13.2. The molecule has 3 aromatic rings. The molecule has 4 rings (SSSR count). The van der Waals surface area contributed by atoms with E-state index in [2.05, 4.69) is 30.6 Å². The van der Waals surface area contributed by atoms with E-state index < -0.39 is 11.2 Å². The van der Waals surface area contributed by atoms with E-state index in [1.54, 1.807) is 20.0 Å². The van der Waals surface area contributed by atoms with Crippen LogP contribution in [0.4, 0.5) is 11.5 Å². The number of carbonyl (C=O) groups excluding carboxylic acids is 1. The van der Waals surface area contributed by atoms with Crippen molar-refractivity contribution < 1.29 is 4.79 Å². The molecule has 0 spiro atoms. The van der Waals surface area contributed by atoms with Gasteiger partial charge in [-0.25, -0.2) is 19.9 Å². The van der Waals surface area contributed by atoms with Crippen molar-refractivity contribution in [2.45, 2.75) is 19.5 Å². The Kier molecular flexibility index (Phi) is 3.22. The normalized spacial score (nSPS) is 15.1. The van der Waals surface area contributed by atoms with Gasteiger partial charge in [0.1, 0.15) is 40.7 Å². The first-order chi connectivity index (χ1) is 11.9. The molecule has 126 valence electrons. The number of nitrogens with one attached hydrogen (secondary N) is 2. The Bertz CT molecular complexity index is 1090. The van der Waals surface area contributed by atoms with Gasteiger partial charge in [-0.15, -0.1) is 0 Å². The van der Waals surface area contributed by atoms with Gasteiger partial charge >= 0.3 is 0 Å². The number of carbonyl (C=O) groups is 1. The number of amides is 1. The molecule has 0 radical (unpaired) electrons. The van der Waals surface area contributed by atoms with Crippen LogP contribution in [-0.2, 0) is 5.66 Å². The smallest absolute Gasteiger partial charge is 0.276 e. The summed E-state index contributed by atoms with van der Waals surface area (Å²) in [5, 5.41) is 5.83. The summed E-state index contributed by atoms with van der Waals surface area (Å²) in [5.74, 6) is -0.0462. The molecule has 2 N–H and O–H groups in total. The van der Waals surface area contributed by atoms with Crippen LogP contribution in [-0.4, -0.2) is 30.4 Å². The Balaban J connectivity index is 1.89. The van der Waals surface area contributed by atoms with E-state index in [0.717, 1.165) is 0 Å². The average Bonchev–Trinajstić information content (AvgIpc) is 2.82. The minimum absolute atomic E-state index is 0.136. The van der Waals surface area contributed by atoms with E-state index in [0.29, 0.717) is 16.9 Å². The zero-order valence-corrected chi connectivity index (χ0v) is 14.0. The number of halogens is 1. The molecular formula is C15H12ClN7O2. The largest absolute Gasteiger partial charge is 0.334 e. The summed E-state index contributed by atoms with van der Waals surface area (Å²) in [5.41, 5.74) is 0.0231. The highest BCUT2D eigenvalue weighted by atomic mass is 35.5. The lowest BCUT2D eigenvalue weighted by Gasteiger charge is -2.22. The summed E-state index contributed by atoms with van der Waals surface area (Å²) in [6.45, 7) is 3.44. The van der Waals surface area contributed by atoms with Gasteiger partial charge in [0.25, 0.3) is 11.5 Å². The van der Waals surface area contributed by atoms with Crippen molar-refractivity contribution in [1.29, 1.82) is 0 Å². The van der Waals surface area contributed by atoms with E-state index in [1.165, 1.54) is 23.3 Å². The van der Waals surface area contributed by atoms with Crippen molar-refractivity contribution in [3.8, 4) is 0 Å². The molecule has 25 heavy (non-hydrogen) atoms. The van der Waals surface area contributed by atoms with E-state index in [4.69, 9.17) is 11.6 Å². The lowest BCUT2D eigenvalue weighted by molar-refractivity contribution is 0.0935. The van der Waals surface area contributed by atoms with E-state index >= 15 is 0 Å². The molecule has 1 amide bonds. The van der Waals surface area contributed by atoms with Gasteiger partial charge in [0.2, 0.25) is 0 Å². The predicted octanol–water partition coefficient (Wildman–Crippen LogP) is 1.41. The highest BCUT2D eigenvalue weighted by molar-refractivity contribution is 6.34. The van der Waals surface area contributed by atoms with Crippen molar-refractivity contribution in [3.63, 3.8) is 0 Å². The maximum atomic E-state index is 12.9. The summed E-state index contributed by atoms with van der Waals surface area (Å²) < 4.78 is 1.33. The van der Waals surface area contributed by atoms with Gasteiger partial charge in [-0.1, -0.05) is 11.6 Å². The molecule has 0 atom stereocenters. The first kappa shape index (κ1) is 15.5. The number of fused-ring (bicyclic) bond motifs is 2. The maximum Gasteiger partial charge on any atom is 0.276 e. The SMILES string of the molecule is CC1(C)NC(=O)c2c(Cl)cc(Nc3ncnc4cncnc34)c(=O)n21. The first-order valence-corrected chi connectivity index (χ1v) is 7.72.